The van der Waals surface area contributed by atoms with Gasteiger partial charge in [-0.25, -0.2) is 22.0 Å². The van der Waals surface area contributed by atoms with Crippen LogP contribution < -0.4 is 4.74 Å². The van der Waals surface area contributed by atoms with Gasteiger partial charge in [0.25, 0.3) is 0 Å². The molecule has 0 amide bonds. The molecule has 5 rings (SSSR count). The first kappa shape index (κ1) is 32.1. The van der Waals surface area contributed by atoms with Crippen molar-refractivity contribution < 1.29 is 35.5 Å². The van der Waals surface area contributed by atoms with E-state index in [0.717, 1.165) is 24.0 Å². The number of ether oxygens (including phenoxy) is 1. The maximum absolute atomic E-state index is 15.2. The first-order valence-electron chi connectivity index (χ1n) is 14.2. The lowest BCUT2D eigenvalue weighted by atomic mass is 9.96. The summed E-state index contributed by atoms with van der Waals surface area (Å²) in [6.45, 7) is 2.17. The number of hydrogen-bond acceptors (Lipinski definition) is 1. The number of hydrogen-bond donors (Lipinski definition) is 0. The van der Waals surface area contributed by atoms with Gasteiger partial charge in [-0.1, -0.05) is 92.0 Å². The van der Waals surface area contributed by atoms with Crippen LogP contribution in [-0.2, 0) is 12.5 Å². The van der Waals surface area contributed by atoms with Gasteiger partial charge in [-0.2, -0.15) is 8.78 Å². The van der Waals surface area contributed by atoms with E-state index in [-0.39, 0.29) is 11.1 Å². The zero-order valence-corrected chi connectivity index (χ0v) is 24.7. The lowest BCUT2D eigenvalue weighted by molar-refractivity contribution is -0.189. The highest BCUT2D eigenvalue weighted by atomic mass is 35.5. The number of alkyl halides is 2. The molecular formula is C36H26ClF7O. The highest BCUT2D eigenvalue weighted by molar-refractivity contribution is 6.30. The fourth-order valence-corrected chi connectivity index (χ4v) is 5.13. The van der Waals surface area contributed by atoms with Crippen LogP contribution in [0.1, 0.15) is 37.3 Å². The van der Waals surface area contributed by atoms with Crippen LogP contribution in [-0.4, -0.2) is 0 Å². The predicted molar refractivity (Wildman–Crippen MR) is 162 cm³/mol. The third kappa shape index (κ3) is 7.17. The number of aryl methyl sites for hydroxylation is 1. The molecule has 0 atom stereocenters. The summed E-state index contributed by atoms with van der Waals surface area (Å²) in [7, 11) is 0. The van der Waals surface area contributed by atoms with Gasteiger partial charge in [0.15, 0.2) is 0 Å². The lowest BCUT2D eigenvalue weighted by Gasteiger charge is -2.20. The molecule has 0 unspecified atom stereocenters. The highest BCUT2D eigenvalue weighted by Crippen LogP contribution is 2.39. The minimum absolute atomic E-state index is 0.232. The minimum Gasteiger partial charge on any atom is -0.429 e. The molecule has 0 spiro atoms. The zero-order chi connectivity index (χ0) is 32.3. The van der Waals surface area contributed by atoms with E-state index in [1.54, 1.807) is 6.07 Å². The van der Waals surface area contributed by atoms with Crippen LogP contribution in [0.2, 0.25) is 5.02 Å². The molecule has 5 aromatic carbocycles. The summed E-state index contributed by atoms with van der Waals surface area (Å²) in [5.74, 6) is -8.20. The van der Waals surface area contributed by atoms with Crippen LogP contribution in [0.5, 0.6) is 5.75 Å². The summed E-state index contributed by atoms with van der Waals surface area (Å²) in [5, 5.41) is -0.962. The third-order valence-electron chi connectivity index (χ3n) is 7.39. The van der Waals surface area contributed by atoms with Crippen molar-refractivity contribution in [2.45, 2.75) is 38.7 Å². The van der Waals surface area contributed by atoms with Crippen LogP contribution in [0.3, 0.4) is 0 Å². The van der Waals surface area contributed by atoms with E-state index in [1.807, 2.05) is 24.3 Å². The Labute approximate surface area is 260 Å². The number of halogens is 8. The van der Waals surface area contributed by atoms with E-state index in [0.29, 0.717) is 35.4 Å². The van der Waals surface area contributed by atoms with Gasteiger partial charge >= 0.3 is 6.11 Å². The van der Waals surface area contributed by atoms with Gasteiger partial charge in [0, 0.05) is 17.7 Å². The summed E-state index contributed by atoms with van der Waals surface area (Å²) in [6.07, 6.45) is -0.129. The van der Waals surface area contributed by atoms with Gasteiger partial charge in [-0.15, -0.1) is 0 Å². The van der Waals surface area contributed by atoms with Gasteiger partial charge < -0.3 is 4.74 Å². The van der Waals surface area contributed by atoms with Crippen molar-refractivity contribution in [3.63, 3.8) is 0 Å². The molecule has 45 heavy (non-hydrogen) atoms. The minimum atomic E-state index is -4.68. The van der Waals surface area contributed by atoms with Gasteiger partial charge in [0.2, 0.25) is 0 Å². The van der Waals surface area contributed by atoms with Crippen LogP contribution in [0.25, 0.3) is 33.4 Å². The van der Waals surface area contributed by atoms with E-state index >= 15 is 4.39 Å². The Kier molecular flexibility index (Phi) is 9.53. The fraction of sp³-hybridized carbons (Fsp3) is 0.167. The summed E-state index contributed by atoms with van der Waals surface area (Å²) in [4.78, 5) is 0. The Morgan fingerprint density at radius 2 is 1.07 bits per heavy atom. The van der Waals surface area contributed by atoms with Crippen molar-refractivity contribution in [2.75, 3.05) is 0 Å². The number of benzene rings is 5. The number of rotatable bonds is 10. The van der Waals surface area contributed by atoms with Crippen molar-refractivity contribution in [3.8, 4) is 39.1 Å². The topological polar surface area (TPSA) is 9.23 Å². The second-order valence-corrected chi connectivity index (χ2v) is 10.9. The molecule has 232 valence electrons. The van der Waals surface area contributed by atoms with Crippen molar-refractivity contribution in [1.29, 1.82) is 0 Å². The molecule has 0 aliphatic carbocycles. The lowest BCUT2D eigenvalue weighted by Crippen LogP contribution is -2.25. The Hall–Kier alpha value is -4.30. The van der Waals surface area contributed by atoms with Crippen molar-refractivity contribution in [1.82, 2.24) is 0 Å². The zero-order valence-electron chi connectivity index (χ0n) is 23.9. The summed E-state index contributed by atoms with van der Waals surface area (Å²) in [6, 6.07) is 21.6. The number of unbranched alkanes of at least 4 members (excludes halogenated alkanes) is 2. The Balaban J connectivity index is 1.34. The molecule has 0 aliphatic rings. The van der Waals surface area contributed by atoms with E-state index in [1.165, 1.54) is 30.5 Å². The van der Waals surface area contributed by atoms with Crippen molar-refractivity contribution in [3.05, 3.63) is 136 Å². The molecule has 0 aromatic heterocycles. The van der Waals surface area contributed by atoms with Gasteiger partial charge in [-0.3, -0.25) is 0 Å². The average molecular weight is 643 g/mol. The Bertz CT molecular complexity index is 1770. The predicted octanol–water partition coefficient (Wildman–Crippen LogP) is 11.9. The molecule has 5 aromatic rings. The largest absolute Gasteiger partial charge is 0.432 e. The van der Waals surface area contributed by atoms with Gasteiger partial charge in [0.05, 0.1) is 0 Å². The highest BCUT2D eigenvalue weighted by Gasteiger charge is 2.41. The van der Waals surface area contributed by atoms with E-state index < -0.39 is 51.5 Å². The first-order valence-corrected chi connectivity index (χ1v) is 14.5. The van der Waals surface area contributed by atoms with Crippen LogP contribution in [0.15, 0.2) is 91.0 Å². The normalized spacial score (nSPS) is 11.6. The smallest absolute Gasteiger partial charge is 0.429 e. The van der Waals surface area contributed by atoms with Crippen LogP contribution in [0.4, 0.5) is 30.7 Å². The molecule has 9 heteroatoms. The molecule has 0 bridgehead atoms. The monoisotopic (exact) mass is 642 g/mol. The second kappa shape index (κ2) is 13.4. The average Bonchev–Trinajstić information content (AvgIpc) is 2.99. The molecule has 0 heterocycles. The van der Waals surface area contributed by atoms with Crippen LogP contribution >= 0.6 is 11.6 Å². The van der Waals surface area contributed by atoms with Crippen LogP contribution in [0, 0.1) is 29.1 Å². The Morgan fingerprint density at radius 3 is 1.60 bits per heavy atom. The van der Waals surface area contributed by atoms with Gasteiger partial charge in [-0.05, 0) is 64.4 Å². The summed E-state index contributed by atoms with van der Waals surface area (Å²) < 4.78 is 106. The SMILES string of the molecule is CCCCCc1ccc(-c2ccc(-c3ccc(-c4cc(F)c(C(F)(F)Oc5cc(F)c(Cl)c(F)c5)c(F)c4)c(F)c3)cc2)cc1. The van der Waals surface area contributed by atoms with Crippen molar-refractivity contribution in [2.24, 2.45) is 0 Å². The molecular weight excluding hydrogens is 617 g/mol. The van der Waals surface area contributed by atoms with E-state index in [4.69, 9.17) is 11.6 Å². The molecule has 0 fully saturated rings. The molecule has 0 saturated heterocycles. The third-order valence-corrected chi connectivity index (χ3v) is 7.75. The first-order chi connectivity index (χ1) is 21.5. The molecule has 1 nitrogen and oxygen atoms in total. The van der Waals surface area contributed by atoms with E-state index in [2.05, 4.69) is 35.9 Å². The van der Waals surface area contributed by atoms with Gasteiger partial charge in [0.1, 0.15) is 45.4 Å². The van der Waals surface area contributed by atoms with E-state index in [9.17, 15) is 26.3 Å². The standard InChI is InChI=1S/C36H26ClF7O/c1-2-3-4-5-21-6-8-22(9-7-21)23-10-12-24(13-11-23)25-14-15-28(29(38)16-25)26-17-30(39)34(31(40)18-26)36(43,44)45-27-19-32(41)35(37)33(42)20-27/h6-20H,2-5H2,1H3. The summed E-state index contributed by atoms with van der Waals surface area (Å²) >= 11 is 5.33. The van der Waals surface area contributed by atoms with Crippen molar-refractivity contribution >= 4 is 11.6 Å². The molecule has 0 radical (unpaired) electrons. The second-order valence-electron chi connectivity index (χ2n) is 10.6. The quantitative estimate of drug-likeness (QED) is 0.0837. The fourth-order valence-electron chi connectivity index (χ4n) is 5.02. The molecule has 0 aliphatic heterocycles. The summed E-state index contributed by atoms with van der Waals surface area (Å²) in [5.41, 5.74) is 2.10. The molecule has 0 N–H and O–H groups in total. The Morgan fingerprint density at radius 1 is 0.578 bits per heavy atom. The maximum Gasteiger partial charge on any atom is 0.432 e. The molecule has 0 saturated carbocycles. The maximum atomic E-state index is 15.2.